The predicted molar refractivity (Wildman–Crippen MR) is 119 cm³/mol. The number of amides is 2. The van der Waals surface area contributed by atoms with E-state index in [0.29, 0.717) is 17.1 Å². The van der Waals surface area contributed by atoms with Crippen molar-refractivity contribution in [3.05, 3.63) is 72.6 Å². The average molecular weight is 408 g/mol. The number of carbonyl (C=O) groups is 1. The standard InChI is InChI=1S/C23H25N3O2S/c1-23(2,3)16-5-10-21(28-4)20(15-16)26-22(27)25-17-6-8-18(9-7-17)29-19-11-13-24-14-12-19/h5-15H,1-4H3,(H2,25,26,27). The van der Waals surface area contributed by atoms with Gasteiger partial charge in [-0.3, -0.25) is 4.98 Å². The Hall–Kier alpha value is -2.99. The molecule has 29 heavy (non-hydrogen) atoms. The van der Waals surface area contributed by atoms with Gasteiger partial charge in [0.05, 0.1) is 12.8 Å². The minimum absolute atomic E-state index is 0.0263. The molecule has 2 aromatic carbocycles. The zero-order chi connectivity index (χ0) is 20.9. The van der Waals surface area contributed by atoms with Gasteiger partial charge in [0.1, 0.15) is 5.75 Å². The summed E-state index contributed by atoms with van der Waals surface area (Å²) in [7, 11) is 1.59. The van der Waals surface area contributed by atoms with Crippen molar-refractivity contribution < 1.29 is 9.53 Å². The van der Waals surface area contributed by atoms with E-state index in [4.69, 9.17) is 4.74 Å². The number of urea groups is 1. The molecule has 3 rings (SSSR count). The van der Waals surface area contributed by atoms with Crippen molar-refractivity contribution in [2.75, 3.05) is 17.7 Å². The van der Waals surface area contributed by atoms with Crippen molar-refractivity contribution in [3.63, 3.8) is 0 Å². The summed E-state index contributed by atoms with van der Waals surface area (Å²) < 4.78 is 5.39. The molecule has 150 valence electrons. The van der Waals surface area contributed by atoms with E-state index in [1.807, 2.05) is 54.6 Å². The molecule has 0 bridgehead atoms. The number of aromatic nitrogens is 1. The Labute approximate surface area is 175 Å². The number of benzene rings is 2. The molecule has 0 aliphatic rings. The topological polar surface area (TPSA) is 63.2 Å². The lowest BCUT2D eigenvalue weighted by Gasteiger charge is -2.21. The second-order valence-corrected chi connectivity index (χ2v) is 8.70. The summed E-state index contributed by atoms with van der Waals surface area (Å²) >= 11 is 1.64. The van der Waals surface area contributed by atoms with Gasteiger partial charge < -0.3 is 15.4 Å². The molecule has 2 N–H and O–H groups in total. The third-order valence-electron chi connectivity index (χ3n) is 4.31. The lowest BCUT2D eigenvalue weighted by Crippen LogP contribution is -2.20. The third kappa shape index (κ3) is 5.74. The lowest BCUT2D eigenvalue weighted by molar-refractivity contribution is 0.262. The average Bonchev–Trinajstić information content (AvgIpc) is 2.69. The van der Waals surface area contributed by atoms with Gasteiger partial charge in [0.2, 0.25) is 0 Å². The van der Waals surface area contributed by atoms with Crippen molar-refractivity contribution in [2.24, 2.45) is 0 Å². The first-order chi connectivity index (χ1) is 13.8. The van der Waals surface area contributed by atoms with E-state index in [-0.39, 0.29) is 11.4 Å². The summed E-state index contributed by atoms with van der Waals surface area (Å²) in [6.45, 7) is 6.39. The maximum atomic E-state index is 12.5. The van der Waals surface area contributed by atoms with Crippen LogP contribution in [-0.2, 0) is 5.41 Å². The molecular formula is C23H25N3O2S. The highest BCUT2D eigenvalue weighted by Gasteiger charge is 2.17. The molecule has 0 radical (unpaired) electrons. The van der Waals surface area contributed by atoms with E-state index in [1.54, 1.807) is 31.3 Å². The van der Waals surface area contributed by atoms with Crippen molar-refractivity contribution in [2.45, 2.75) is 36.0 Å². The SMILES string of the molecule is COc1ccc(C(C)(C)C)cc1NC(=O)Nc1ccc(Sc2ccncc2)cc1. The maximum absolute atomic E-state index is 12.5. The number of hydrogen-bond acceptors (Lipinski definition) is 4. The largest absolute Gasteiger partial charge is 0.495 e. The number of ether oxygens (including phenoxy) is 1. The summed E-state index contributed by atoms with van der Waals surface area (Å²) in [5, 5.41) is 5.76. The highest BCUT2D eigenvalue weighted by atomic mass is 32.2. The van der Waals surface area contributed by atoms with Crippen LogP contribution in [0.25, 0.3) is 0 Å². The third-order valence-corrected chi connectivity index (χ3v) is 5.33. The fourth-order valence-electron chi connectivity index (χ4n) is 2.71. The quantitative estimate of drug-likeness (QED) is 0.530. The number of nitrogens with zero attached hydrogens (tertiary/aromatic N) is 1. The number of nitrogens with one attached hydrogen (secondary N) is 2. The van der Waals surface area contributed by atoms with Gasteiger partial charge in [-0.05, 0) is 59.5 Å². The van der Waals surface area contributed by atoms with Crippen LogP contribution in [-0.4, -0.2) is 18.1 Å². The van der Waals surface area contributed by atoms with Crippen LogP contribution in [0.4, 0.5) is 16.2 Å². The zero-order valence-corrected chi connectivity index (χ0v) is 17.8. The predicted octanol–water partition coefficient (Wildman–Crippen LogP) is 6.18. The Balaban J connectivity index is 1.66. The second-order valence-electron chi connectivity index (χ2n) is 7.55. The fourth-order valence-corrected chi connectivity index (χ4v) is 3.51. The van der Waals surface area contributed by atoms with Gasteiger partial charge in [0.15, 0.2) is 0 Å². The Morgan fingerprint density at radius 3 is 2.21 bits per heavy atom. The molecular weight excluding hydrogens is 382 g/mol. The normalized spacial score (nSPS) is 11.0. The molecule has 1 heterocycles. The van der Waals surface area contributed by atoms with Gasteiger partial charge in [0.25, 0.3) is 0 Å². The van der Waals surface area contributed by atoms with E-state index in [2.05, 4.69) is 36.4 Å². The van der Waals surface area contributed by atoms with Gasteiger partial charge in [-0.15, -0.1) is 0 Å². The van der Waals surface area contributed by atoms with Crippen molar-refractivity contribution in [3.8, 4) is 5.75 Å². The van der Waals surface area contributed by atoms with Crippen molar-refractivity contribution >= 4 is 29.2 Å². The van der Waals surface area contributed by atoms with Gasteiger partial charge in [-0.25, -0.2) is 4.79 Å². The van der Waals surface area contributed by atoms with Crippen LogP contribution < -0.4 is 15.4 Å². The van der Waals surface area contributed by atoms with Crippen LogP contribution in [0, 0.1) is 0 Å². The number of pyridine rings is 1. The number of methoxy groups -OCH3 is 1. The maximum Gasteiger partial charge on any atom is 0.323 e. The minimum atomic E-state index is -0.316. The molecule has 0 spiro atoms. The number of hydrogen-bond donors (Lipinski definition) is 2. The first-order valence-corrected chi connectivity index (χ1v) is 10.1. The zero-order valence-electron chi connectivity index (χ0n) is 17.0. The van der Waals surface area contributed by atoms with E-state index in [9.17, 15) is 4.79 Å². The number of carbonyl (C=O) groups excluding carboxylic acids is 1. The Kier molecular flexibility index (Phi) is 6.44. The summed E-state index contributed by atoms with van der Waals surface area (Å²) in [5.74, 6) is 0.622. The highest BCUT2D eigenvalue weighted by Crippen LogP contribution is 2.32. The van der Waals surface area contributed by atoms with Crippen LogP contribution in [0.5, 0.6) is 5.75 Å². The number of anilines is 2. The van der Waals surface area contributed by atoms with Gasteiger partial charge in [-0.2, -0.15) is 0 Å². The second kappa shape index (κ2) is 9.01. The van der Waals surface area contributed by atoms with Gasteiger partial charge in [0, 0.05) is 27.9 Å². The Morgan fingerprint density at radius 2 is 1.59 bits per heavy atom. The molecule has 3 aromatic rings. The Morgan fingerprint density at radius 1 is 0.931 bits per heavy atom. The van der Waals surface area contributed by atoms with Crippen LogP contribution >= 0.6 is 11.8 Å². The molecule has 0 saturated heterocycles. The molecule has 0 fully saturated rings. The van der Waals surface area contributed by atoms with Crippen molar-refractivity contribution in [1.29, 1.82) is 0 Å². The smallest absolute Gasteiger partial charge is 0.323 e. The highest BCUT2D eigenvalue weighted by molar-refractivity contribution is 7.99. The van der Waals surface area contributed by atoms with Crippen LogP contribution in [0.1, 0.15) is 26.3 Å². The summed E-state index contributed by atoms with van der Waals surface area (Å²) in [6, 6.07) is 17.2. The van der Waals surface area contributed by atoms with E-state index in [1.165, 1.54) is 0 Å². The Bertz CT molecular complexity index is 968. The van der Waals surface area contributed by atoms with Gasteiger partial charge in [-0.1, -0.05) is 38.6 Å². The molecule has 0 saturated carbocycles. The molecule has 0 aliphatic heterocycles. The monoisotopic (exact) mass is 407 g/mol. The first-order valence-electron chi connectivity index (χ1n) is 9.29. The molecule has 0 unspecified atom stereocenters. The number of rotatable bonds is 5. The molecule has 2 amide bonds. The van der Waals surface area contributed by atoms with Crippen molar-refractivity contribution in [1.82, 2.24) is 4.98 Å². The summed E-state index contributed by atoms with van der Waals surface area (Å²) in [6.07, 6.45) is 3.54. The van der Waals surface area contributed by atoms with E-state index >= 15 is 0 Å². The summed E-state index contributed by atoms with van der Waals surface area (Å²) in [5.41, 5.74) is 2.45. The molecule has 0 atom stereocenters. The molecule has 1 aromatic heterocycles. The van der Waals surface area contributed by atoms with Crippen LogP contribution in [0.2, 0.25) is 0 Å². The van der Waals surface area contributed by atoms with E-state index < -0.39 is 0 Å². The van der Waals surface area contributed by atoms with Crippen LogP contribution in [0.3, 0.4) is 0 Å². The molecule has 0 aliphatic carbocycles. The van der Waals surface area contributed by atoms with Gasteiger partial charge >= 0.3 is 6.03 Å². The van der Waals surface area contributed by atoms with E-state index in [0.717, 1.165) is 15.4 Å². The first kappa shape index (κ1) is 20.7. The lowest BCUT2D eigenvalue weighted by atomic mass is 9.87. The molecule has 5 nitrogen and oxygen atoms in total. The molecule has 6 heteroatoms. The fraction of sp³-hybridized carbons (Fsp3) is 0.217. The van der Waals surface area contributed by atoms with Crippen LogP contribution in [0.15, 0.2) is 76.8 Å². The summed E-state index contributed by atoms with van der Waals surface area (Å²) in [4.78, 5) is 18.7. The minimum Gasteiger partial charge on any atom is -0.495 e.